The first-order valence-corrected chi connectivity index (χ1v) is 25.0. The molecule has 0 aromatic carbocycles. The number of rotatable bonds is 43. The zero-order valence-electron chi connectivity index (χ0n) is 39.5. The van der Waals surface area contributed by atoms with Gasteiger partial charge in [0.05, 0.1) is 25.2 Å². The van der Waals surface area contributed by atoms with Crippen molar-refractivity contribution >= 4 is 11.9 Å². The zero-order chi connectivity index (χ0) is 44.5. The predicted octanol–water partition coefficient (Wildman–Crippen LogP) is 14.9. The molecule has 3 unspecified atom stereocenters. The van der Waals surface area contributed by atoms with Crippen LogP contribution in [0, 0.1) is 0 Å². The highest BCUT2D eigenvalue weighted by Crippen LogP contribution is 2.16. The Morgan fingerprint density at radius 2 is 0.984 bits per heavy atom. The summed E-state index contributed by atoms with van der Waals surface area (Å²) in [6, 6.07) is -0.747. The first-order valence-electron chi connectivity index (χ1n) is 25.0. The molecular weight excluding hydrogens is 755 g/mol. The van der Waals surface area contributed by atoms with Crippen LogP contribution in [-0.2, 0) is 14.3 Å². The van der Waals surface area contributed by atoms with Crippen molar-refractivity contribution in [1.29, 1.82) is 0 Å². The van der Waals surface area contributed by atoms with E-state index in [9.17, 15) is 19.8 Å². The van der Waals surface area contributed by atoms with E-state index in [0.29, 0.717) is 19.3 Å². The Morgan fingerprint density at radius 3 is 1.52 bits per heavy atom. The highest BCUT2D eigenvalue weighted by atomic mass is 16.5. The number of unbranched alkanes of at least 4 members (excludes halogenated alkanes) is 20. The minimum absolute atomic E-state index is 0.0288. The topological polar surface area (TPSA) is 95.9 Å². The van der Waals surface area contributed by atoms with Crippen molar-refractivity contribution < 1.29 is 24.5 Å². The maximum Gasteiger partial charge on any atom is 0.306 e. The Hall–Kier alpha value is -3.22. The molecule has 1 amide bonds. The molecule has 0 aliphatic rings. The number of amides is 1. The minimum atomic E-state index is -0.825. The summed E-state index contributed by atoms with van der Waals surface area (Å²) < 4.78 is 5.83. The van der Waals surface area contributed by atoms with Gasteiger partial charge in [-0.15, -0.1) is 0 Å². The lowest BCUT2D eigenvalue weighted by Crippen LogP contribution is -2.46. The first kappa shape index (κ1) is 57.8. The van der Waals surface area contributed by atoms with Crippen molar-refractivity contribution in [2.45, 2.75) is 232 Å². The molecule has 0 aliphatic heterocycles. The number of aliphatic hydroxyl groups excluding tert-OH is 2. The van der Waals surface area contributed by atoms with Crippen molar-refractivity contribution in [3.05, 3.63) is 97.2 Å². The van der Waals surface area contributed by atoms with E-state index in [0.717, 1.165) is 77.0 Å². The molecule has 0 aromatic heterocycles. The SMILES string of the molecule is CC/C=C/C=C/C=C\C=C/C=C/CC(CC(=O)NC(CO)C(O)CCCCCCCCCCCCCCCCC)OC(=O)CCCCCCCC/C=C/C/C=C/C/C=C/CC. The average Bonchev–Trinajstić information content (AvgIpc) is 3.25. The van der Waals surface area contributed by atoms with Gasteiger partial charge in [0.1, 0.15) is 6.10 Å². The van der Waals surface area contributed by atoms with Gasteiger partial charge in [-0.3, -0.25) is 9.59 Å². The monoisotopic (exact) mass is 848 g/mol. The van der Waals surface area contributed by atoms with E-state index < -0.39 is 18.2 Å². The molecule has 0 heterocycles. The van der Waals surface area contributed by atoms with Gasteiger partial charge in [0.2, 0.25) is 5.91 Å². The van der Waals surface area contributed by atoms with Crippen LogP contribution >= 0.6 is 0 Å². The molecule has 6 nitrogen and oxygen atoms in total. The Kier molecular flexibility index (Phi) is 45.3. The summed E-state index contributed by atoms with van der Waals surface area (Å²) in [4.78, 5) is 26.0. The van der Waals surface area contributed by atoms with Crippen LogP contribution in [0.2, 0.25) is 0 Å². The number of aliphatic hydroxyl groups is 2. The summed E-state index contributed by atoms with van der Waals surface area (Å²) in [5.74, 6) is -0.629. The third-order valence-corrected chi connectivity index (χ3v) is 10.8. The molecule has 0 saturated carbocycles. The maximum atomic E-state index is 13.1. The minimum Gasteiger partial charge on any atom is -0.461 e. The van der Waals surface area contributed by atoms with Crippen LogP contribution in [0.5, 0.6) is 0 Å². The second kappa shape index (κ2) is 47.8. The normalized spacial score (nSPS) is 14.1. The first-order chi connectivity index (χ1) is 30.0. The molecule has 3 N–H and O–H groups in total. The van der Waals surface area contributed by atoms with Crippen molar-refractivity contribution in [3.63, 3.8) is 0 Å². The third-order valence-electron chi connectivity index (χ3n) is 10.8. The third kappa shape index (κ3) is 43.2. The lowest BCUT2D eigenvalue weighted by Gasteiger charge is -2.24. The maximum absolute atomic E-state index is 13.1. The van der Waals surface area contributed by atoms with Gasteiger partial charge >= 0.3 is 5.97 Å². The van der Waals surface area contributed by atoms with E-state index in [-0.39, 0.29) is 24.9 Å². The van der Waals surface area contributed by atoms with Crippen LogP contribution in [0.1, 0.15) is 213 Å². The summed E-state index contributed by atoms with van der Waals surface area (Å²) in [6.07, 6.45) is 63.5. The van der Waals surface area contributed by atoms with E-state index in [4.69, 9.17) is 4.74 Å². The highest BCUT2D eigenvalue weighted by molar-refractivity contribution is 5.77. The van der Waals surface area contributed by atoms with Gasteiger partial charge < -0.3 is 20.3 Å². The van der Waals surface area contributed by atoms with Gasteiger partial charge in [-0.2, -0.15) is 0 Å². The quantitative estimate of drug-likeness (QED) is 0.0246. The van der Waals surface area contributed by atoms with E-state index in [1.807, 2.05) is 54.7 Å². The average molecular weight is 848 g/mol. The smallest absolute Gasteiger partial charge is 0.306 e. The van der Waals surface area contributed by atoms with Gasteiger partial charge in [0.25, 0.3) is 0 Å². The number of allylic oxidation sites excluding steroid dienone is 15. The van der Waals surface area contributed by atoms with Gasteiger partial charge in [0.15, 0.2) is 0 Å². The van der Waals surface area contributed by atoms with Crippen molar-refractivity contribution in [3.8, 4) is 0 Å². The summed E-state index contributed by atoms with van der Waals surface area (Å²) in [5.41, 5.74) is 0. The fourth-order valence-electron chi connectivity index (χ4n) is 7.05. The Balaban J connectivity index is 4.66. The van der Waals surface area contributed by atoms with Crippen LogP contribution in [0.3, 0.4) is 0 Å². The lowest BCUT2D eigenvalue weighted by atomic mass is 10.0. The lowest BCUT2D eigenvalue weighted by molar-refractivity contribution is -0.150. The number of esters is 1. The van der Waals surface area contributed by atoms with Crippen molar-refractivity contribution in [2.24, 2.45) is 0 Å². The number of hydrogen-bond donors (Lipinski definition) is 3. The number of carbonyl (C=O) groups excluding carboxylic acids is 2. The Morgan fingerprint density at radius 1 is 0.525 bits per heavy atom. The highest BCUT2D eigenvalue weighted by Gasteiger charge is 2.23. The van der Waals surface area contributed by atoms with Gasteiger partial charge in [-0.05, 0) is 51.4 Å². The second-order valence-corrected chi connectivity index (χ2v) is 16.6. The fraction of sp³-hybridized carbons (Fsp3) is 0.673. The van der Waals surface area contributed by atoms with E-state index >= 15 is 0 Å². The summed E-state index contributed by atoms with van der Waals surface area (Å²) in [7, 11) is 0. The molecule has 0 bridgehead atoms. The van der Waals surface area contributed by atoms with Crippen LogP contribution in [0.15, 0.2) is 97.2 Å². The van der Waals surface area contributed by atoms with E-state index in [1.54, 1.807) is 0 Å². The van der Waals surface area contributed by atoms with Crippen molar-refractivity contribution in [2.75, 3.05) is 6.61 Å². The van der Waals surface area contributed by atoms with Gasteiger partial charge in [-0.25, -0.2) is 0 Å². The molecule has 0 fully saturated rings. The fourth-order valence-corrected chi connectivity index (χ4v) is 7.05. The van der Waals surface area contributed by atoms with Crippen LogP contribution in [0.4, 0.5) is 0 Å². The number of ether oxygens (including phenoxy) is 1. The molecule has 0 rings (SSSR count). The Labute approximate surface area is 376 Å². The molecule has 0 aromatic rings. The second-order valence-electron chi connectivity index (χ2n) is 16.6. The molecular formula is C55H93NO5. The standard InChI is InChI=1S/C55H93NO5/c1-4-7-10-13-16-19-22-24-26-28-30-33-36-39-42-45-48-55(60)61-51(46-43-40-37-34-31-21-18-15-12-9-6-3)49-54(59)56-52(50-57)53(58)47-44-41-38-35-32-29-27-25-23-20-17-14-11-8-5-2/h7,9-10,12,15-16,18-19,21,24,26,31,34,37,40,43,51-53,57-58H,4-6,8,11,13-14,17,20,22-23,25,27-30,32-33,35-36,38-39,41-42,44-50H2,1-3H3,(H,56,59)/b10-7+,12-9+,18-15+,19-16+,26-24+,31-21-,37-34-,43-40+. The molecule has 0 saturated heterocycles. The molecule has 0 radical (unpaired) electrons. The Bertz CT molecular complexity index is 1220. The largest absolute Gasteiger partial charge is 0.461 e. The number of nitrogens with one attached hydrogen (secondary N) is 1. The van der Waals surface area contributed by atoms with E-state index in [2.05, 4.69) is 68.6 Å². The summed E-state index contributed by atoms with van der Waals surface area (Å²) >= 11 is 0. The molecule has 3 atom stereocenters. The molecule has 348 valence electrons. The molecule has 0 spiro atoms. The van der Waals surface area contributed by atoms with Crippen LogP contribution < -0.4 is 5.32 Å². The van der Waals surface area contributed by atoms with Crippen LogP contribution in [0.25, 0.3) is 0 Å². The summed E-state index contributed by atoms with van der Waals surface area (Å²) in [6.45, 7) is 6.18. The van der Waals surface area contributed by atoms with Crippen LogP contribution in [-0.4, -0.2) is 46.9 Å². The summed E-state index contributed by atoms with van der Waals surface area (Å²) in [5, 5.41) is 23.7. The van der Waals surface area contributed by atoms with Crippen molar-refractivity contribution in [1.82, 2.24) is 5.32 Å². The van der Waals surface area contributed by atoms with Gasteiger partial charge in [0, 0.05) is 12.8 Å². The predicted molar refractivity (Wildman–Crippen MR) is 264 cm³/mol. The number of carbonyl (C=O) groups is 2. The zero-order valence-corrected chi connectivity index (χ0v) is 39.5. The molecule has 6 heteroatoms. The molecule has 61 heavy (non-hydrogen) atoms. The van der Waals surface area contributed by atoms with E-state index in [1.165, 1.54) is 89.9 Å². The van der Waals surface area contributed by atoms with Gasteiger partial charge in [-0.1, -0.05) is 240 Å². The number of hydrogen-bond acceptors (Lipinski definition) is 5. The molecule has 0 aliphatic carbocycles.